The van der Waals surface area contributed by atoms with E-state index in [0.29, 0.717) is 22.7 Å². The van der Waals surface area contributed by atoms with Crippen LogP contribution < -0.4 is 14.8 Å². The summed E-state index contributed by atoms with van der Waals surface area (Å²) in [6.07, 6.45) is 0.0380. The van der Waals surface area contributed by atoms with E-state index in [1.807, 2.05) is 18.2 Å². The number of benzene rings is 2. The summed E-state index contributed by atoms with van der Waals surface area (Å²) >= 11 is 0. The van der Waals surface area contributed by atoms with Crippen LogP contribution >= 0.6 is 0 Å². The van der Waals surface area contributed by atoms with Crippen LogP contribution in [0.4, 0.5) is 5.69 Å². The fourth-order valence-electron chi connectivity index (χ4n) is 2.33. The quantitative estimate of drug-likeness (QED) is 0.605. The average Bonchev–Trinajstić information content (AvgIpc) is 2.66. The minimum atomic E-state index is -0.524. The molecule has 0 aliphatic carbocycles. The summed E-state index contributed by atoms with van der Waals surface area (Å²) in [5.74, 6) is -0.0216. The SMILES string of the molecule is O=C1COc2ccc(C(=O)COC(=O)CCOc3ccccc3)cc2N1. The molecule has 1 aliphatic heterocycles. The van der Waals surface area contributed by atoms with E-state index in [2.05, 4.69) is 5.32 Å². The lowest BCUT2D eigenvalue weighted by atomic mass is 10.1. The highest BCUT2D eigenvalue weighted by Gasteiger charge is 2.18. The molecule has 7 heteroatoms. The number of Topliss-reactive ketones (excluding diaryl/α,β-unsaturated/α-hetero) is 1. The van der Waals surface area contributed by atoms with Crippen molar-refractivity contribution in [3.05, 3.63) is 54.1 Å². The summed E-state index contributed by atoms with van der Waals surface area (Å²) < 4.78 is 15.6. The molecule has 0 spiro atoms. The molecule has 0 saturated carbocycles. The number of anilines is 1. The third-order valence-corrected chi connectivity index (χ3v) is 3.62. The van der Waals surface area contributed by atoms with Crippen LogP contribution in [-0.4, -0.2) is 37.5 Å². The molecular weight excluding hydrogens is 338 g/mol. The third kappa shape index (κ3) is 4.60. The highest BCUT2D eigenvalue weighted by molar-refractivity contribution is 6.01. The van der Waals surface area contributed by atoms with Crippen LogP contribution in [0.15, 0.2) is 48.5 Å². The standard InChI is InChI=1S/C19H17NO6/c21-16(13-6-7-17-15(10-13)20-18(22)12-25-17)11-26-19(23)8-9-24-14-4-2-1-3-5-14/h1-7,10H,8-9,11-12H2,(H,20,22). The lowest BCUT2D eigenvalue weighted by molar-refractivity contribution is -0.143. The van der Waals surface area contributed by atoms with Gasteiger partial charge in [0.1, 0.15) is 11.5 Å². The second-order valence-electron chi connectivity index (χ2n) is 5.54. The number of fused-ring (bicyclic) bond motifs is 1. The Bertz CT molecular complexity index is 818. The van der Waals surface area contributed by atoms with Gasteiger partial charge < -0.3 is 19.5 Å². The summed E-state index contributed by atoms with van der Waals surface area (Å²) in [6, 6.07) is 13.8. The first kappa shape index (κ1) is 17.5. The van der Waals surface area contributed by atoms with Crippen molar-refractivity contribution in [1.82, 2.24) is 0 Å². The Morgan fingerprint density at radius 1 is 1.12 bits per heavy atom. The third-order valence-electron chi connectivity index (χ3n) is 3.62. The van der Waals surface area contributed by atoms with Crippen molar-refractivity contribution in [2.45, 2.75) is 6.42 Å². The van der Waals surface area contributed by atoms with Crippen molar-refractivity contribution >= 4 is 23.3 Å². The number of nitrogens with one attached hydrogen (secondary N) is 1. The number of carbonyl (C=O) groups is 3. The van der Waals surface area contributed by atoms with E-state index in [-0.39, 0.29) is 37.9 Å². The van der Waals surface area contributed by atoms with Crippen molar-refractivity contribution in [3.8, 4) is 11.5 Å². The van der Waals surface area contributed by atoms with Gasteiger partial charge in [0.15, 0.2) is 19.0 Å². The predicted octanol–water partition coefficient (Wildman–Crippen LogP) is 2.21. The van der Waals surface area contributed by atoms with Gasteiger partial charge in [-0.05, 0) is 30.3 Å². The van der Waals surface area contributed by atoms with Crippen molar-refractivity contribution in [3.63, 3.8) is 0 Å². The summed E-state index contributed by atoms with van der Waals surface area (Å²) in [7, 11) is 0. The van der Waals surface area contributed by atoms with Crippen molar-refractivity contribution in [1.29, 1.82) is 0 Å². The Morgan fingerprint density at radius 2 is 1.92 bits per heavy atom. The van der Waals surface area contributed by atoms with Gasteiger partial charge in [-0.1, -0.05) is 18.2 Å². The first-order valence-corrected chi connectivity index (χ1v) is 8.05. The van der Waals surface area contributed by atoms with Crippen LogP contribution in [-0.2, 0) is 14.3 Å². The molecule has 0 fully saturated rings. The Hall–Kier alpha value is -3.35. The molecule has 7 nitrogen and oxygen atoms in total. The number of para-hydroxylation sites is 1. The largest absolute Gasteiger partial charge is 0.493 e. The van der Waals surface area contributed by atoms with Gasteiger partial charge in [-0.2, -0.15) is 0 Å². The fraction of sp³-hybridized carbons (Fsp3) is 0.211. The molecule has 0 unspecified atom stereocenters. The van der Waals surface area contributed by atoms with Gasteiger partial charge in [0, 0.05) is 5.56 Å². The summed E-state index contributed by atoms with van der Waals surface area (Å²) in [5.41, 5.74) is 0.748. The van der Waals surface area contributed by atoms with Gasteiger partial charge in [0.05, 0.1) is 18.7 Å². The number of esters is 1. The number of hydrogen-bond donors (Lipinski definition) is 1. The molecule has 0 saturated heterocycles. The van der Waals surface area contributed by atoms with Crippen LogP contribution in [0.5, 0.6) is 11.5 Å². The fourth-order valence-corrected chi connectivity index (χ4v) is 2.33. The molecule has 2 aromatic carbocycles. The number of ketones is 1. The molecule has 0 bridgehead atoms. The van der Waals surface area contributed by atoms with Crippen LogP contribution in [0.3, 0.4) is 0 Å². The average molecular weight is 355 g/mol. The van der Waals surface area contributed by atoms with E-state index in [0.717, 1.165) is 0 Å². The van der Waals surface area contributed by atoms with E-state index in [1.54, 1.807) is 24.3 Å². The second-order valence-corrected chi connectivity index (χ2v) is 5.54. The lowest BCUT2D eigenvalue weighted by Crippen LogP contribution is -2.25. The molecule has 2 aromatic rings. The van der Waals surface area contributed by atoms with Gasteiger partial charge in [-0.15, -0.1) is 0 Å². The van der Waals surface area contributed by atoms with Gasteiger partial charge in [0.2, 0.25) is 0 Å². The van der Waals surface area contributed by atoms with E-state index in [4.69, 9.17) is 14.2 Å². The first-order valence-electron chi connectivity index (χ1n) is 8.05. The Kier molecular flexibility index (Phi) is 5.48. The predicted molar refractivity (Wildman–Crippen MR) is 92.4 cm³/mol. The maximum absolute atomic E-state index is 12.1. The molecule has 1 heterocycles. The topological polar surface area (TPSA) is 90.9 Å². The van der Waals surface area contributed by atoms with E-state index in [9.17, 15) is 14.4 Å². The Labute approximate surface area is 149 Å². The lowest BCUT2D eigenvalue weighted by Gasteiger charge is -2.18. The number of ether oxygens (including phenoxy) is 3. The number of amides is 1. The van der Waals surface area contributed by atoms with E-state index < -0.39 is 5.97 Å². The Balaban J connectivity index is 1.45. The van der Waals surface area contributed by atoms with Gasteiger partial charge >= 0.3 is 5.97 Å². The van der Waals surface area contributed by atoms with Crippen molar-refractivity contribution in [2.75, 3.05) is 25.1 Å². The smallest absolute Gasteiger partial charge is 0.309 e. The van der Waals surface area contributed by atoms with Crippen molar-refractivity contribution in [2.24, 2.45) is 0 Å². The monoisotopic (exact) mass is 355 g/mol. The second kappa shape index (κ2) is 8.15. The molecule has 134 valence electrons. The molecule has 26 heavy (non-hydrogen) atoms. The van der Waals surface area contributed by atoms with Crippen LogP contribution in [0.25, 0.3) is 0 Å². The van der Waals surface area contributed by atoms with Crippen LogP contribution in [0.2, 0.25) is 0 Å². The molecule has 0 aromatic heterocycles. The minimum absolute atomic E-state index is 0.0380. The highest BCUT2D eigenvalue weighted by atomic mass is 16.5. The normalized spacial score (nSPS) is 12.4. The van der Waals surface area contributed by atoms with Crippen molar-refractivity contribution < 1.29 is 28.6 Å². The van der Waals surface area contributed by atoms with Crippen LogP contribution in [0, 0.1) is 0 Å². The van der Waals surface area contributed by atoms with Gasteiger partial charge in [-0.3, -0.25) is 14.4 Å². The van der Waals surface area contributed by atoms with E-state index >= 15 is 0 Å². The maximum atomic E-state index is 12.1. The molecule has 0 atom stereocenters. The number of hydrogen-bond acceptors (Lipinski definition) is 6. The zero-order chi connectivity index (χ0) is 18.4. The summed E-state index contributed by atoms with van der Waals surface area (Å²) in [6.45, 7) is -0.264. The molecule has 1 aliphatic rings. The zero-order valence-corrected chi connectivity index (χ0v) is 13.9. The van der Waals surface area contributed by atoms with Crippen LogP contribution in [0.1, 0.15) is 16.8 Å². The summed E-state index contributed by atoms with van der Waals surface area (Å²) in [4.78, 5) is 35.2. The molecule has 1 amide bonds. The molecule has 0 radical (unpaired) electrons. The minimum Gasteiger partial charge on any atom is -0.493 e. The van der Waals surface area contributed by atoms with Gasteiger partial charge in [-0.25, -0.2) is 0 Å². The summed E-state index contributed by atoms with van der Waals surface area (Å²) in [5, 5.41) is 2.62. The number of rotatable bonds is 7. The zero-order valence-electron chi connectivity index (χ0n) is 13.9. The molecule has 1 N–H and O–H groups in total. The van der Waals surface area contributed by atoms with Gasteiger partial charge in [0.25, 0.3) is 5.91 Å². The molecule has 3 rings (SSSR count). The number of carbonyl (C=O) groups excluding carboxylic acids is 3. The van der Waals surface area contributed by atoms with E-state index in [1.165, 1.54) is 6.07 Å². The molecular formula is C19H17NO6. The highest BCUT2D eigenvalue weighted by Crippen LogP contribution is 2.28. The Morgan fingerprint density at radius 3 is 2.73 bits per heavy atom. The first-order chi connectivity index (χ1) is 12.6. The maximum Gasteiger partial charge on any atom is 0.309 e.